The van der Waals surface area contributed by atoms with Crippen LogP contribution >= 0.6 is 27.5 Å². The van der Waals surface area contributed by atoms with Crippen LogP contribution in [0.1, 0.15) is 21.5 Å². The van der Waals surface area contributed by atoms with Crippen LogP contribution in [0.3, 0.4) is 0 Å². The molecule has 36 heavy (non-hydrogen) atoms. The number of nitrogens with zero attached hydrogens (tertiary/aromatic N) is 1. The van der Waals surface area contributed by atoms with Crippen molar-refractivity contribution < 1.29 is 28.7 Å². The van der Waals surface area contributed by atoms with Gasteiger partial charge < -0.3 is 9.47 Å². The first-order valence-electron chi connectivity index (χ1n) is 10.5. The van der Waals surface area contributed by atoms with E-state index in [1.807, 2.05) is 24.3 Å². The highest BCUT2D eigenvalue weighted by molar-refractivity contribution is 9.10. The van der Waals surface area contributed by atoms with Crippen LogP contribution in [0.25, 0.3) is 6.08 Å². The van der Waals surface area contributed by atoms with E-state index in [1.54, 1.807) is 18.2 Å². The normalized spacial score (nSPS) is 14.6. The zero-order valence-electron chi connectivity index (χ0n) is 18.8. The molecular formula is C26H18BrClN2O6. The minimum Gasteiger partial charge on any atom is -0.487 e. The number of urea groups is 1. The minimum absolute atomic E-state index is 0.178. The quantitative estimate of drug-likeness (QED) is 0.251. The summed E-state index contributed by atoms with van der Waals surface area (Å²) in [6.45, 7) is 0.286. The number of amides is 4. The Morgan fingerprint density at radius 2 is 1.78 bits per heavy atom. The second-order valence-corrected chi connectivity index (χ2v) is 8.83. The van der Waals surface area contributed by atoms with Crippen molar-refractivity contribution in [1.82, 2.24) is 5.32 Å². The van der Waals surface area contributed by atoms with E-state index in [0.717, 1.165) is 14.9 Å². The Morgan fingerprint density at radius 3 is 2.44 bits per heavy atom. The molecular weight excluding hydrogens is 552 g/mol. The van der Waals surface area contributed by atoms with E-state index in [1.165, 1.54) is 37.5 Å². The Balaban J connectivity index is 1.55. The number of hydrogen-bond acceptors (Lipinski definition) is 6. The lowest BCUT2D eigenvalue weighted by molar-refractivity contribution is -0.122. The molecule has 8 nitrogen and oxygen atoms in total. The number of carbonyl (C=O) groups is 4. The molecule has 0 atom stereocenters. The number of anilines is 1. The molecule has 1 heterocycles. The van der Waals surface area contributed by atoms with Crippen LogP contribution in [0.2, 0.25) is 5.02 Å². The van der Waals surface area contributed by atoms with Crippen molar-refractivity contribution in [2.45, 2.75) is 6.61 Å². The van der Waals surface area contributed by atoms with Gasteiger partial charge >= 0.3 is 12.0 Å². The van der Waals surface area contributed by atoms with E-state index >= 15 is 0 Å². The molecule has 0 spiro atoms. The molecule has 4 amide bonds. The van der Waals surface area contributed by atoms with Gasteiger partial charge in [0.15, 0.2) is 0 Å². The highest BCUT2D eigenvalue weighted by Crippen LogP contribution is 2.29. The van der Waals surface area contributed by atoms with Gasteiger partial charge in [0, 0.05) is 10.0 Å². The monoisotopic (exact) mass is 568 g/mol. The first kappa shape index (κ1) is 25.2. The summed E-state index contributed by atoms with van der Waals surface area (Å²) in [5, 5.41) is 2.44. The molecule has 0 aromatic heterocycles. The molecule has 1 fully saturated rings. The van der Waals surface area contributed by atoms with Gasteiger partial charge in [-0.05, 0) is 54.1 Å². The highest BCUT2D eigenvalue weighted by atomic mass is 79.9. The first-order chi connectivity index (χ1) is 17.3. The van der Waals surface area contributed by atoms with Gasteiger partial charge in [0.1, 0.15) is 17.9 Å². The first-order valence-corrected chi connectivity index (χ1v) is 11.7. The number of imide groups is 2. The third-order valence-electron chi connectivity index (χ3n) is 5.26. The largest absolute Gasteiger partial charge is 0.487 e. The molecule has 1 saturated heterocycles. The summed E-state index contributed by atoms with van der Waals surface area (Å²) in [5.74, 6) is -1.79. The van der Waals surface area contributed by atoms with Gasteiger partial charge in [0.25, 0.3) is 11.8 Å². The Labute approximate surface area is 219 Å². The predicted octanol–water partition coefficient (Wildman–Crippen LogP) is 5.13. The lowest BCUT2D eigenvalue weighted by Crippen LogP contribution is -2.54. The molecule has 0 radical (unpaired) electrons. The third-order valence-corrected chi connectivity index (χ3v) is 6.33. The average molecular weight is 570 g/mol. The Hall–Kier alpha value is -3.95. The smallest absolute Gasteiger partial charge is 0.337 e. The number of benzene rings is 3. The van der Waals surface area contributed by atoms with Crippen LogP contribution < -0.4 is 15.0 Å². The van der Waals surface area contributed by atoms with Crippen LogP contribution in [0.4, 0.5) is 10.5 Å². The molecule has 182 valence electrons. The Kier molecular flexibility index (Phi) is 7.52. The standard InChI is InChI=1S/C26H18BrClN2O6/c1-35-25(33)16-7-9-18(10-8-16)30-24(32)19(23(31)29-26(30)34)12-15-6-11-22(21(28)13-15)36-14-17-4-2-3-5-20(17)27/h2-13H,14H2,1H3,(H,29,31,34)/b19-12+. The number of rotatable bonds is 6. The summed E-state index contributed by atoms with van der Waals surface area (Å²) in [6, 6.07) is 17.2. The van der Waals surface area contributed by atoms with E-state index < -0.39 is 23.8 Å². The fourth-order valence-electron chi connectivity index (χ4n) is 3.42. The maximum atomic E-state index is 13.1. The Bertz CT molecular complexity index is 1400. The molecule has 3 aromatic rings. The van der Waals surface area contributed by atoms with Gasteiger partial charge in [-0.15, -0.1) is 0 Å². The van der Waals surface area contributed by atoms with Gasteiger partial charge in [-0.3, -0.25) is 14.9 Å². The summed E-state index contributed by atoms with van der Waals surface area (Å²) in [5.41, 5.74) is 1.56. The summed E-state index contributed by atoms with van der Waals surface area (Å²) in [4.78, 5) is 50.4. The van der Waals surface area contributed by atoms with Gasteiger partial charge in [0.05, 0.1) is 23.4 Å². The molecule has 10 heteroatoms. The molecule has 1 aliphatic heterocycles. The van der Waals surface area contributed by atoms with Gasteiger partial charge in [-0.25, -0.2) is 14.5 Å². The predicted molar refractivity (Wildman–Crippen MR) is 137 cm³/mol. The maximum Gasteiger partial charge on any atom is 0.337 e. The number of hydrogen-bond donors (Lipinski definition) is 1. The van der Waals surface area contributed by atoms with E-state index in [-0.39, 0.29) is 28.5 Å². The van der Waals surface area contributed by atoms with E-state index in [4.69, 9.17) is 16.3 Å². The number of nitrogens with one attached hydrogen (secondary N) is 1. The van der Waals surface area contributed by atoms with Crippen LogP contribution in [-0.4, -0.2) is 30.9 Å². The fraction of sp³-hybridized carbons (Fsp3) is 0.0769. The lowest BCUT2D eigenvalue weighted by atomic mass is 10.1. The molecule has 3 aromatic carbocycles. The zero-order valence-corrected chi connectivity index (χ0v) is 21.1. The number of halogens is 2. The van der Waals surface area contributed by atoms with Crippen molar-refractivity contribution in [2.24, 2.45) is 0 Å². The number of barbiturate groups is 1. The molecule has 4 rings (SSSR count). The third kappa shape index (κ3) is 5.32. The minimum atomic E-state index is -0.901. The van der Waals surface area contributed by atoms with Crippen molar-refractivity contribution in [3.8, 4) is 5.75 Å². The number of esters is 1. The molecule has 0 bridgehead atoms. The molecule has 0 unspecified atom stereocenters. The van der Waals surface area contributed by atoms with Crippen molar-refractivity contribution in [3.63, 3.8) is 0 Å². The summed E-state index contributed by atoms with van der Waals surface area (Å²) in [6.07, 6.45) is 1.34. The molecule has 0 aliphatic carbocycles. The van der Waals surface area contributed by atoms with Crippen LogP contribution in [0, 0.1) is 0 Å². The zero-order chi connectivity index (χ0) is 25.8. The fourth-order valence-corrected chi connectivity index (χ4v) is 4.06. The second kappa shape index (κ2) is 10.8. The van der Waals surface area contributed by atoms with Crippen molar-refractivity contribution in [1.29, 1.82) is 0 Å². The van der Waals surface area contributed by atoms with E-state index in [9.17, 15) is 19.2 Å². The molecule has 1 aliphatic rings. The molecule has 0 saturated carbocycles. The number of methoxy groups -OCH3 is 1. The molecule has 1 N–H and O–H groups in total. The van der Waals surface area contributed by atoms with Gasteiger partial charge in [-0.1, -0.05) is 51.8 Å². The second-order valence-electron chi connectivity index (χ2n) is 7.57. The van der Waals surface area contributed by atoms with Crippen LogP contribution in [0.15, 0.2) is 76.8 Å². The number of carbonyl (C=O) groups excluding carboxylic acids is 4. The van der Waals surface area contributed by atoms with Crippen LogP contribution in [0.5, 0.6) is 5.75 Å². The van der Waals surface area contributed by atoms with Crippen molar-refractivity contribution >= 4 is 63.1 Å². The topological polar surface area (TPSA) is 102 Å². The lowest BCUT2D eigenvalue weighted by Gasteiger charge is -2.26. The SMILES string of the molecule is COC(=O)c1ccc(N2C(=O)NC(=O)/C(=C\c3ccc(OCc4ccccc4Br)c(Cl)c3)C2=O)cc1. The summed E-state index contributed by atoms with van der Waals surface area (Å²) < 4.78 is 11.4. The maximum absolute atomic E-state index is 13.1. The van der Waals surface area contributed by atoms with Crippen molar-refractivity contribution in [2.75, 3.05) is 12.0 Å². The van der Waals surface area contributed by atoms with E-state index in [2.05, 4.69) is 26.0 Å². The van der Waals surface area contributed by atoms with Gasteiger partial charge in [-0.2, -0.15) is 0 Å². The summed E-state index contributed by atoms with van der Waals surface area (Å²) >= 11 is 9.84. The van der Waals surface area contributed by atoms with E-state index in [0.29, 0.717) is 11.3 Å². The number of ether oxygens (including phenoxy) is 2. The highest BCUT2D eigenvalue weighted by Gasteiger charge is 2.36. The van der Waals surface area contributed by atoms with Gasteiger partial charge in [0.2, 0.25) is 0 Å². The Morgan fingerprint density at radius 1 is 1.06 bits per heavy atom. The van der Waals surface area contributed by atoms with Crippen LogP contribution in [-0.2, 0) is 20.9 Å². The summed E-state index contributed by atoms with van der Waals surface area (Å²) in [7, 11) is 1.24. The van der Waals surface area contributed by atoms with Crippen molar-refractivity contribution in [3.05, 3.63) is 98.5 Å². The average Bonchev–Trinajstić information content (AvgIpc) is 2.86.